The third-order valence-corrected chi connectivity index (χ3v) is 2.52. The van der Waals surface area contributed by atoms with Crippen molar-refractivity contribution in [1.29, 1.82) is 0 Å². The Morgan fingerprint density at radius 2 is 2.40 bits per heavy atom. The van der Waals surface area contributed by atoms with Gasteiger partial charge in [0.1, 0.15) is 5.69 Å². The minimum atomic E-state index is -1.01. The quantitative estimate of drug-likeness (QED) is 0.693. The van der Waals surface area contributed by atoms with Crippen LogP contribution in [0.1, 0.15) is 10.5 Å². The fourth-order valence-electron chi connectivity index (χ4n) is 1.28. The number of carboxylic acid groups (broad SMARTS) is 1. The number of thioether (sulfide) groups is 1. The van der Waals surface area contributed by atoms with Gasteiger partial charge in [-0.1, -0.05) is 11.8 Å². The van der Waals surface area contributed by atoms with E-state index in [9.17, 15) is 4.79 Å². The molecule has 15 heavy (non-hydrogen) atoms. The molecular formula is C9H9N3O2S. The number of nitrogens with zero attached hydrogens (tertiary/aromatic N) is 1. The van der Waals surface area contributed by atoms with E-state index in [1.54, 1.807) is 18.3 Å². The first-order valence-electron chi connectivity index (χ1n) is 4.23. The van der Waals surface area contributed by atoms with E-state index in [0.717, 1.165) is 0 Å². The minimum Gasteiger partial charge on any atom is -0.477 e. The zero-order chi connectivity index (χ0) is 10.8. The summed E-state index contributed by atoms with van der Waals surface area (Å²) in [5.74, 6) is -1.01. The molecule has 0 amide bonds. The number of hydrogen-bond donors (Lipinski definition) is 3. The van der Waals surface area contributed by atoms with Crippen molar-refractivity contribution < 1.29 is 9.90 Å². The summed E-state index contributed by atoms with van der Waals surface area (Å²) in [5.41, 5.74) is 1.25. The average Bonchev–Trinajstić information content (AvgIpc) is 2.86. The maximum absolute atomic E-state index is 11.0. The molecule has 0 fully saturated rings. The molecule has 0 aliphatic carbocycles. The zero-order valence-corrected chi connectivity index (χ0v) is 8.76. The topological polar surface area (TPSA) is 81.8 Å². The molecule has 6 heteroatoms. The average molecular weight is 223 g/mol. The second-order valence-corrected chi connectivity index (χ2v) is 3.65. The highest BCUT2D eigenvalue weighted by molar-refractivity contribution is 7.98. The molecule has 0 aromatic carbocycles. The highest BCUT2D eigenvalue weighted by Gasteiger charge is 2.17. The summed E-state index contributed by atoms with van der Waals surface area (Å²) in [7, 11) is 0. The Hall–Kier alpha value is -1.69. The van der Waals surface area contributed by atoms with Crippen molar-refractivity contribution in [2.75, 3.05) is 6.26 Å². The number of aromatic amines is 2. The summed E-state index contributed by atoms with van der Waals surface area (Å²) in [4.78, 5) is 20.8. The number of imidazole rings is 1. The van der Waals surface area contributed by atoms with Crippen molar-refractivity contribution in [3.05, 3.63) is 24.0 Å². The molecule has 0 bridgehead atoms. The number of rotatable bonds is 3. The number of H-pyrrole nitrogens is 2. The van der Waals surface area contributed by atoms with Crippen molar-refractivity contribution in [3.63, 3.8) is 0 Å². The minimum absolute atomic E-state index is 0.113. The number of hydrogen-bond acceptors (Lipinski definition) is 3. The molecule has 2 rings (SSSR count). The lowest BCUT2D eigenvalue weighted by Crippen LogP contribution is -1.99. The van der Waals surface area contributed by atoms with Gasteiger partial charge in [0.2, 0.25) is 0 Å². The van der Waals surface area contributed by atoms with Crippen molar-refractivity contribution in [3.8, 4) is 11.4 Å². The molecule has 3 N–H and O–H groups in total. The maximum atomic E-state index is 11.0. The highest BCUT2D eigenvalue weighted by Crippen LogP contribution is 2.23. The Balaban J connectivity index is 2.54. The van der Waals surface area contributed by atoms with E-state index < -0.39 is 5.97 Å². The molecule has 2 heterocycles. The van der Waals surface area contributed by atoms with E-state index in [2.05, 4.69) is 15.0 Å². The summed E-state index contributed by atoms with van der Waals surface area (Å²) >= 11 is 1.37. The van der Waals surface area contributed by atoms with Gasteiger partial charge in [-0.15, -0.1) is 0 Å². The van der Waals surface area contributed by atoms with Gasteiger partial charge < -0.3 is 15.1 Å². The largest absolute Gasteiger partial charge is 0.477 e. The molecule has 0 unspecified atom stereocenters. The van der Waals surface area contributed by atoms with Crippen LogP contribution in [0.3, 0.4) is 0 Å². The monoisotopic (exact) mass is 223 g/mol. The summed E-state index contributed by atoms with van der Waals surface area (Å²) in [5, 5.41) is 9.57. The van der Waals surface area contributed by atoms with E-state index in [1.165, 1.54) is 11.8 Å². The van der Waals surface area contributed by atoms with Crippen LogP contribution in [0.5, 0.6) is 0 Å². The third kappa shape index (κ3) is 1.75. The third-order valence-electron chi connectivity index (χ3n) is 1.94. The van der Waals surface area contributed by atoms with Gasteiger partial charge in [-0.05, 0) is 18.4 Å². The number of carbonyl (C=O) groups is 1. The van der Waals surface area contributed by atoms with Crippen LogP contribution < -0.4 is 0 Å². The van der Waals surface area contributed by atoms with Crippen LogP contribution in [-0.4, -0.2) is 32.3 Å². The van der Waals surface area contributed by atoms with Crippen LogP contribution in [0.25, 0.3) is 11.4 Å². The van der Waals surface area contributed by atoms with Gasteiger partial charge in [-0.25, -0.2) is 9.78 Å². The second kappa shape index (κ2) is 3.82. The molecular weight excluding hydrogens is 214 g/mol. The summed E-state index contributed by atoms with van der Waals surface area (Å²) in [6.07, 6.45) is 3.57. The Labute approximate surface area is 89.9 Å². The fraction of sp³-hybridized carbons (Fsp3) is 0.111. The van der Waals surface area contributed by atoms with Crippen LogP contribution in [0, 0.1) is 0 Å². The van der Waals surface area contributed by atoms with Crippen LogP contribution in [-0.2, 0) is 0 Å². The smallest absolute Gasteiger partial charge is 0.354 e. The predicted octanol–water partition coefficient (Wildman–Crippen LogP) is 1.82. The number of carboxylic acids is 1. The first-order chi connectivity index (χ1) is 7.22. The summed E-state index contributed by atoms with van der Waals surface area (Å²) < 4.78 is 0. The van der Waals surface area contributed by atoms with Gasteiger partial charge in [0.25, 0.3) is 0 Å². The van der Waals surface area contributed by atoms with E-state index in [4.69, 9.17) is 5.11 Å². The summed E-state index contributed by atoms with van der Waals surface area (Å²) in [6, 6.07) is 3.58. The van der Waals surface area contributed by atoms with Gasteiger partial charge in [0.05, 0.1) is 5.69 Å². The molecule has 0 aliphatic rings. The molecule has 0 spiro atoms. The van der Waals surface area contributed by atoms with E-state index in [1.807, 2.05) is 6.26 Å². The Kier molecular flexibility index (Phi) is 2.51. The lowest BCUT2D eigenvalue weighted by molar-refractivity contribution is 0.0691. The Bertz CT molecular complexity index is 476. The normalized spacial score (nSPS) is 10.5. The van der Waals surface area contributed by atoms with Gasteiger partial charge in [-0.3, -0.25) is 0 Å². The molecule has 0 aliphatic heterocycles. The lowest BCUT2D eigenvalue weighted by Gasteiger charge is -1.93. The zero-order valence-electron chi connectivity index (χ0n) is 7.94. The molecule has 2 aromatic rings. The van der Waals surface area contributed by atoms with Crippen molar-refractivity contribution in [1.82, 2.24) is 15.0 Å². The number of aromatic carboxylic acids is 1. The van der Waals surface area contributed by atoms with Crippen LogP contribution >= 0.6 is 11.8 Å². The van der Waals surface area contributed by atoms with E-state index in [-0.39, 0.29) is 5.69 Å². The number of aromatic nitrogens is 3. The Morgan fingerprint density at radius 3 is 2.93 bits per heavy atom. The van der Waals surface area contributed by atoms with Gasteiger partial charge in [-0.2, -0.15) is 0 Å². The standard InChI is InChI=1S/C9H9N3O2S/c1-15-9-11-6(5-3-2-4-10-5)7(12-9)8(13)14/h2-4,10H,1H3,(H,11,12)(H,13,14). The van der Waals surface area contributed by atoms with Crippen LogP contribution in [0.15, 0.2) is 23.5 Å². The summed E-state index contributed by atoms with van der Waals surface area (Å²) in [6.45, 7) is 0. The first-order valence-corrected chi connectivity index (χ1v) is 5.46. The molecule has 0 saturated heterocycles. The molecule has 0 radical (unpaired) electrons. The first kappa shape index (κ1) is 9.85. The van der Waals surface area contributed by atoms with Crippen LogP contribution in [0.4, 0.5) is 0 Å². The Morgan fingerprint density at radius 1 is 1.60 bits per heavy atom. The molecule has 2 aromatic heterocycles. The van der Waals surface area contributed by atoms with Crippen LogP contribution in [0.2, 0.25) is 0 Å². The fourth-order valence-corrected chi connectivity index (χ4v) is 1.66. The van der Waals surface area contributed by atoms with Crippen molar-refractivity contribution in [2.24, 2.45) is 0 Å². The van der Waals surface area contributed by atoms with Crippen molar-refractivity contribution >= 4 is 17.7 Å². The lowest BCUT2D eigenvalue weighted by atomic mass is 10.2. The number of nitrogens with one attached hydrogen (secondary N) is 2. The van der Waals surface area contributed by atoms with Gasteiger partial charge >= 0.3 is 5.97 Å². The van der Waals surface area contributed by atoms with Gasteiger partial charge in [0, 0.05) is 6.20 Å². The molecule has 78 valence electrons. The SMILES string of the molecule is CSc1nc(-c2ccc[nH]2)c(C(=O)O)[nH]1. The highest BCUT2D eigenvalue weighted by atomic mass is 32.2. The van der Waals surface area contributed by atoms with Gasteiger partial charge in [0.15, 0.2) is 10.9 Å². The molecule has 0 atom stereocenters. The predicted molar refractivity (Wildman–Crippen MR) is 57.1 cm³/mol. The molecule has 5 nitrogen and oxygen atoms in total. The maximum Gasteiger partial charge on any atom is 0.354 e. The molecule has 0 saturated carbocycles. The van der Waals surface area contributed by atoms with E-state index >= 15 is 0 Å². The second-order valence-electron chi connectivity index (χ2n) is 2.86. The van der Waals surface area contributed by atoms with E-state index in [0.29, 0.717) is 16.5 Å². The van der Waals surface area contributed by atoms with Crippen molar-refractivity contribution in [2.45, 2.75) is 5.16 Å².